The zero-order valence-corrected chi connectivity index (χ0v) is 11.7. The third-order valence-electron chi connectivity index (χ3n) is 3.19. The minimum Gasteiger partial charge on any atom is -0.338 e. The molecule has 1 aromatic rings. The van der Waals surface area contributed by atoms with Crippen LogP contribution in [0.1, 0.15) is 39.9 Å². The molecule has 0 saturated carbocycles. The molecule has 0 aromatic carbocycles. The minimum absolute atomic E-state index is 0.178. The Labute approximate surface area is 112 Å². The van der Waals surface area contributed by atoms with Crippen molar-refractivity contribution in [3.05, 3.63) is 21.4 Å². The van der Waals surface area contributed by atoms with E-state index < -0.39 is 0 Å². The predicted octanol–water partition coefficient (Wildman–Crippen LogP) is 3.33. The zero-order chi connectivity index (χ0) is 12.3. The van der Waals surface area contributed by atoms with E-state index in [1.54, 1.807) is 11.3 Å². The predicted molar refractivity (Wildman–Crippen MR) is 73.3 cm³/mol. The Hall–Kier alpha value is -0.540. The fourth-order valence-electron chi connectivity index (χ4n) is 2.24. The van der Waals surface area contributed by atoms with Gasteiger partial charge in [-0.25, -0.2) is 0 Å². The lowest BCUT2D eigenvalue weighted by Gasteiger charge is -2.19. The van der Waals surface area contributed by atoms with Crippen molar-refractivity contribution in [2.24, 2.45) is 0 Å². The Kier molecular flexibility index (Phi) is 4.46. The fraction of sp³-hybridized carbons (Fsp3) is 0.615. The summed E-state index contributed by atoms with van der Waals surface area (Å²) >= 11 is 7.36. The molecule has 1 amide bonds. The van der Waals surface area contributed by atoms with Crippen LogP contribution in [0.25, 0.3) is 0 Å². The highest BCUT2D eigenvalue weighted by Gasteiger charge is 2.21. The first kappa shape index (κ1) is 12.9. The van der Waals surface area contributed by atoms with Gasteiger partial charge in [-0.1, -0.05) is 0 Å². The van der Waals surface area contributed by atoms with Crippen LogP contribution in [-0.4, -0.2) is 29.8 Å². The average molecular weight is 272 g/mol. The number of halogens is 1. The molecule has 17 heavy (non-hydrogen) atoms. The fourth-order valence-corrected chi connectivity index (χ4v) is 3.59. The summed E-state index contributed by atoms with van der Waals surface area (Å²) < 4.78 is 0. The maximum atomic E-state index is 12.3. The Morgan fingerprint density at radius 1 is 1.53 bits per heavy atom. The molecule has 1 aromatic heterocycles. The van der Waals surface area contributed by atoms with Crippen molar-refractivity contribution in [1.29, 1.82) is 0 Å². The molecule has 0 atom stereocenters. The number of amides is 1. The first-order valence-corrected chi connectivity index (χ1v) is 7.58. The quantitative estimate of drug-likeness (QED) is 0.753. The molecule has 0 radical (unpaired) electrons. The molecule has 0 aliphatic heterocycles. The first-order valence-electron chi connectivity index (χ1n) is 6.23. The second-order valence-electron chi connectivity index (χ2n) is 4.34. The smallest absolute Gasteiger partial charge is 0.263 e. The number of carbonyl (C=O) groups is 1. The lowest BCUT2D eigenvalue weighted by molar-refractivity contribution is 0.0769. The molecule has 94 valence electrons. The number of thiophene rings is 1. The molecule has 1 aliphatic carbocycles. The number of nitrogens with zero attached hydrogens (tertiary/aromatic N) is 1. The van der Waals surface area contributed by atoms with Crippen LogP contribution in [0.4, 0.5) is 0 Å². The van der Waals surface area contributed by atoms with E-state index in [9.17, 15) is 4.79 Å². The van der Waals surface area contributed by atoms with Crippen LogP contribution in [0.2, 0.25) is 0 Å². The van der Waals surface area contributed by atoms with Crippen LogP contribution in [-0.2, 0) is 12.8 Å². The van der Waals surface area contributed by atoms with Crippen LogP contribution < -0.4 is 0 Å². The van der Waals surface area contributed by atoms with E-state index in [-0.39, 0.29) is 5.91 Å². The summed E-state index contributed by atoms with van der Waals surface area (Å²) in [7, 11) is 0. The SMILES string of the molecule is CCN(CCCCl)C(=O)c1cc2c(s1)CCC2. The number of aryl methyl sites for hydroxylation is 2. The number of alkyl halides is 1. The molecule has 1 heterocycles. The van der Waals surface area contributed by atoms with Crippen molar-refractivity contribution in [1.82, 2.24) is 4.90 Å². The summed E-state index contributed by atoms with van der Waals surface area (Å²) in [6.07, 6.45) is 4.42. The van der Waals surface area contributed by atoms with E-state index in [1.807, 2.05) is 11.8 Å². The van der Waals surface area contributed by atoms with Gasteiger partial charge in [0.15, 0.2) is 0 Å². The molecular formula is C13H18ClNOS. The van der Waals surface area contributed by atoms with Gasteiger partial charge in [-0.3, -0.25) is 4.79 Å². The largest absolute Gasteiger partial charge is 0.338 e. The molecule has 0 N–H and O–H groups in total. The molecule has 0 spiro atoms. The van der Waals surface area contributed by atoms with Crippen LogP contribution in [0.5, 0.6) is 0 Å². The highest BCUT2D eigenvalue weighted by atomic mass is 35.5. The van der Waals surface area contributed by atoms with Gasteiger partial charge < -0.3 is 4.90 Å². The lowest BCUT2D eigenvalue weighted by Crippen LogP contribution is -2.31. The van der Waals surface area contributed by atoms with Gasteiger partial charge in [0.2, 0.25) is 0 Å². The van der Waals surface area contributed by atoms with E-state index in [4.69, 9.17) is 11.6 Å². The highest BCUT2D eigenvalue weighted by molar-refractivity contribution is 7.14. The Balaban J connectivity index is 2.06. The molecule has 1 aliphatic rings. The number of carbonyl (C=O) groups excluding carboxylic acids is 1. The van der Waals surface area contributed by atoms with Crippen LogP contribution in [0.15, 0.2) is 6.07 Å². The van der Waals surface area contributed by atoms with Gasteiger partial charge in [0.25, 0.3) is 5.91 Å². The topological polar surface area (TPSA) is 20.3 Å². The molecule has 4 heteroatoms. The van der Waals surface area contributed by atoms with E-state index in [0.717, 1.165) is 37.2 Å². The number of hydrogen-bond acceptors (Lipinski definition) is 2. The molecule has 0 bridgehead atoms. The van der Waals surface area contributed by atoms with Gasteiger partial charge in [0.05, 0.1) is 4.88 Å². The van der Waals surface area contributed by atoms with Gasteiger partial charge in [-0.2, -0.15) is 0 Å². The molecule has 0 saturated heterocycles. The van der Waals surface area contributed by atoms with Crippen molar-refractivity contribution in [2.45, 2.75) is 32.6 Å². The van der Waals surface area contributed by atoms with E-state index in [2.05, 4.69) is 6.07 Å². The molecule has 0 unspecified atom stereocenters. The summed E-state index contributed by atoms with van der Waals surface area (Å²) in [6, 6.07) is 2.10. The summed E-state index contributed by atoms with van der Waals surface area (Å²) in [4.78, 5) is 16.5. The summed E-state index contributed by atoms with van der Waals surface area (Å²) in [5.41, 5.74) is 1.40. The van der Waals surface area contributed by atoms with Crippen molar-refractivity contribution in [2.75, 3.05) is 19.0 Å². The minimum atomic E-state index is 0.178. The molecular weight excluding hydrogens is 254 g/mol. The van der Waals surface area contributed by atoms with E-state index in [0.29, 0.717) is 5.88 Å². The lowest BCUT2D eigenvalue weighted by atomic mass is 10.2. The summed E-state index contributed by atoms with van der Waals surface area (Å²) in [5.74, 6) is 0.794. The van der Waals surface area contributed by atoms with E-state index >= 15 is 0 Å². The first-order chi connectivity index (χ1) is 8.26. The van der Waals surface area contributed by atoms with Gasteiger partial charge in [0.1, 0.15) is 0 Å². The third kappa shape index (κ3) is 2.83. The van der Waals surface area contributed by atoms with Gasteiger partial charge >= 0.3 is 0 Å². The van der Waals surface area contributed by atoms with Crippen molar-refractivity contribution in [3.63, 3.8) is 0 Å². The van der Waals surface area contributed by atoms with Crippen LogP contribution >= 0.6 is 22.9 Å². The summed E-state index contributed by atoms with van der Waals surface area (Å²) in [5, 5.41) is 0. The van der Waals surface area contributed by atoms with Crippen LogP contribution in [0.3, 0.4) is 0 Å². The average Bonchev–Trinajstić information content (AvgIpc) is 2.89. The van der Waals surface area contributed by atoms with Crippen molar-refractivity contribution in [3.8, 4) is 0 Å². The molecule has 0 fully saturated rings. The van der Waals surface area contributed by atoms with E-state index in [1.165, 1.54) is 16.9 Å². The monoisotopic (exact) mass is 271 g/mol. The van der Waals surface area contributed by atoms with Crippen molar-refractivity contribution < 1.29 is 4.79 Å². The number of rotatable bonds is 5. The Morgan fingerprint density at radius 3 is 3.00 bits per heavy atom. The molecule has 2 rings (SSSR count). The second-order valence-corrected chi connectivity index (χ2v) is 5.85. The van der Waals surface area contributed by atoms with Gasteiger partial charge in [-0.05, 0) is 44.2 Å². The van der Waals surface area contributed by atoms with Crippen LogP contribution in [0, 0.1) is 0 Å². The standard InChI is InChI=1S/C13H18ClNOS/c1-2-15(8-4-7-14)13(16)12-9-10-5-3-6-11(10)17-12/h9H,2-8H2,1H3. The summed E-state index contributed by atoms with van der Waals surface area (Å²) in [6.45, 7) is 3.55. The van der Waals surface area contributed by atoms with Gasteiger partial charge in [-0.15, -0.1) is 22.9 Å². The van der Waals surface area contributed by atoms with Crippen molar-refractivity contribution >= 4 is 28.8 Å². The molecule has 2 nitrogen and oxygen atoms in total. The zero-order valence-electron chi connectivity index (χ0n) is 10.2. The highest BCUT2D eigenvalue weighted by Crippen LogP contribution is 2.31. The Morgan fingerprint density at radius 2 is 2.35 bits per heavy atom. The normalized spacial score (nSPS) is 13.8. The maximum absolute atomic E-state index is 12.3. The maximum Gasteiger partial charge on any atom is 0.263 e. The van der Waals surface area contributed by atoms with Gasteiger partial charge in [0, 0.05) is 23.8 Å². The third-order valence-corrected chi connectivity index (χ3v) is 4.68. The number of hydrogen-bond donors (Lipinski definition) is 0. The number of fused-ring (bicyclic) bond motifs is 1. The Bertz CT molecular complexity index is 381. The second kappa shape index (κ2) is 5.87.